The first kappa shape index (κ1) is 73.8. The van der Waals surface area contributed by atoms with Gasteiger partial charge in [-0.2, -0.15) is 117 Å². The molecule has 13 heteroatoms. The molecule has 0 fully saturated rings. The first-order valence-corrected chi connectivity index (χ1v) is 33.4. The quantitative estimate of drug-likeness (QED) is 0.165. The van der Waals surface area contributed by atoms with E-state index in [9.17, 15) is 4.39 Å². The maximum atomic E-state index is 13.7. The fourth-order valence-corrected chi connectivity index (χ4v) is 14.0. The van der Waals surface area contributed by atoms with Gasteiger partial charge in [-0.05, 0) is 160 Å². The molecule has 0 amide bonds. The van der Waals surface area contributed by atoms with Crippen LogP contribution >= 0.6 is 0 Å². The smallest absolute Gasteiger partial charge is 0.124 e. The van der Waals surface area contributed by atoms with Crippen LogP contribution < -0.4 is 0 Å². The van der Waals surface area contributed by atoms with E-state index in [0.29, 0.717) is 0 Å². The summed E-state index contributed by atoms with van der Waals surface area (Å²) < 4.78 is 21.7. The second kappa shape index (κ2) is 29.5. The van der Waals surface area contributed by atoms with Crippen LogP contribution in [0, 0.1) is 54.8 Å². The Hall–Kier alpha value is -8.43. The maximum absolute atomic E-state index is 13.7. The van der Waals surface area contributed by atoms with E-state index in [1.807, 2.05) is 68.1 Å². The van der Waals surface area contributed by atoms with Crippen molar-refractivity contribution < 1.29 is 84.8 Å². The van der Waals surface area contributed by atoms with Crippen molar-refractivity contribution in [2.24, 2.45) is 10.8 Å². The van der Waals surface area contributed by atoms with Crippen molar-refractivity contribution >= 4 is 109 Å². The Kier molecular flexibility index (Phi) is 21.5. The third-order valence-electron chi connectivity index (χ3n) is 18.4. The van der Waals surface area contributed by atoms with E-state index < -0.39 is 0 Å². The molecule has 4 radical (unpaired) electrons. The molecule has 18 rings (SSSR count). The van der Waals surface area contributed by atoms with Gasteiger partial charge in [-0.15, -0.1) is 21.5 Å². The number of halogens is 1. The number of aryl methyl sites for hydroxylation is 2. The summed E-state index contributed by atoms with van der Waals surface area (Å²) in [5.74, 6) is -0.234. The Morgan fingerprint density at radius 2 is 0.703 bits per heavy atom. The van der Waals surface area contributed by atoms with E-state index in [-0.39, 0.29) is 102 Å². The van der Waals surface area contributed by atoms with Crippen LogP contribution in [0.25, 0.3) is 132 Å². The molecule has 0 bridgehead atoms. The first-order chi connectivity index (χ1) is 46.7. The molecule has 514 valence electrons. The Bertz CT molecular complexity index is 6070. The van der Waals surface area contributed by atoms with Crippen LogP contribution in [0.1, 0.15) is 90.1 Å². The average Bonchev–Trinajstić information content (AvgIpc) is 1.71. The number of nitrogens with zero attached hydrogens (tertiary/aromatic N) is 8. The zero-order chi connectivity index (χ0) is 67.1. The largest absolute Gasteiger partial charge is 0.257 e. The molecular weight excluding hydrogens is 1960 g/mol. The molecule has 101 heavy (non-hydrogen) atoms. The molecule has 8 aromatic heterocycles. The third-order valence-corrected chi connectivity index (χ3v) is 18.4. The van der Waals surface area contributed by atoms with Gasteiger partial charge in [0, 0.05) is 102 Å². The number of para-hydroxylation sites is 4. The molecule has 0 saturated carbocycles. The van der Waals surface area contributed by atoms with E-state index in [0.717, 1.165) is 84.3 Å². The molecule has 0 spiro atoms. The Labute approximate surface area is 642 Å². The van der Waals surface area contributed by atoms with Crippen molar-refractivity contribution in [1.29, 1.82) is 0 Å². The number of pyridine rings is 4. The van der Waals surface area contributed by atoms with Crippen LogP contribution in [0.5, 0.6) is 0 Å². The topological polar surface area (TPSA) is 69.2 Å². The van der Waals surface area contributed by atoms with Crippen molar-refractivity contribution in [3.8, 4) is 22.3 Å². The average molecular weight is 2030 g/mol. The Morgan fingerprint density at radius 1 is 0.337 bits per heavy atom. The summed E-state index contributed by atoms with van der Waals surface area (Å²) in [6.45, 7) is 24.7. The van der Waals surface area contributed by atoms with Gasteiger partial charge < -0.3 is 0 Å². The molecule has 0 atom stereocenters. The SMILES string of the molecule is CC(C)(C)Cc1cc2c3cc(C(C)(C)C)ccc3nn2c2[c-]cccc12.CC(C)(C)Cc1cc2c3cc(F)ccc3nn2c2[c-]cccc12.Cc1cccc(C)c1-c1cc2c3ccccc3nn2c2[c-]cccc12.[Ir].[Ir].[Ir].[Ir].[c-]1cccc2c(-c3ccccc3)cc3c4ccccc4nn3c12. The standard InChI is InChI=1S/C24H27N2.C23H17N2.C21H13N2.C20H18FN2.4Ir/c1-23(2,3)15-16-13-22-19-14-17(24(4,5)6)11-12-20(19)25-26(22)21-10-8-7-9-18(16)21;1-15-8-7-9-16(2)23(15)19-14-22-18-11-3-5-12-20(18)24-25(22)21-13-6-4-10-17(19)21;1-2-8-15(9-3-1)18-14-21-17-11-4-6-12-19(17)22-23(21)20-13-7-5-10-16(18)20;1-20(2,3)12-13-10-19-16-11-14(21)8-9-17(16)22-23(19)18-7-5-4-6-15(13)18;;;;/h7-9,11-14H,15H2,1-6H3;3-12,14H,1-2H3;1-12,14H;4-6,8-11H,12H2,1-3H3;;;;/q4*-1;;;;. The zero-order valence-electron chi connectivity index (χ0n) is 58.1. The van der Waals surface area contributed by atoms with Gasteiger partial charge in [-0.1, -0.05) is 176 Å². The van der Waals surface area contributed by atoms with Gasteiger partial charge in [0.2, 0.25) is 0 Å². The fourth-order valence-electron chi connectivity index (χ4n) is 14.0. The number of fused-ring (bicyclic) bond motifs is 20. The molecular formula is C88H75FIr4N8-4. The van der Waals surface area contributed by atoms with Crippen molar-refractivity contribution in [3.05, 3.63) is 288 Å². The van der Waals surface area contributed by atoms with Crippen LogP contribution in [0.15, 0.2) is 231 Å². The van der Waals surface area contributed by atoms with Gasteiger partial charge in [0.25, 0.3) is 0 Å². The van der Waals surface area contributed by atoms with Crippen LogP contribution in [-0.4, -0.2) is 38.5 Å². The minimum absolute atomic E-state index is 0. The minimum atomic E-state index is -0.234. The minimum Gasteiger partial charge on any atom is -0.257 e. The summed E-state index contributed by atoms with van der Waals surface area (Å²) in [5, 5.41) is 28.3. The van der Waals surface area contributed by atoms with E-state index in [1.54, 1.807) is 12.1 Å². The van der Waals surface area contributed by atoms with Crippen LogP contribution in [0.3, 0.4) is 0 Å². The van der Waals surface area contributed by atoms with Crippen LogP contribution in [-0.2, 0) is 98.7 Å². The predicted octanol–water partition coefficient (Wildman–Crippen LogP) is 22.3. The first-order valence-electron chi connectivity index (χ1n) is 33.4. The van der Waals surface area contributed by atoms with Gasteiger partial charge in [0.15, 0.2) is 0 Å². The van der Waals surface area contributed by atoms with Gasteiger partial charge in [-0.25, -0.2) is 4.39 Å². The molecule has 8 nitrogen and oxygen atoms in total. The number of hydrogen-bond acceptors (Lipinski definition) is 4. The molecule has 8 heterocycles. The zero-order valence-corrected chi connectivity index (χ0v) is 67.7. The number of hydrogen-bond donors (Lipinski definition) is 0. The Balaban J connectivity index is 0.000000134. The van der Waals surface area contributed by atoms with Gasteiger partial charge >= 0.3 is 0 Å². The van der Waals surface area contributed by atoms with Crippen molar-refractivity contribution in [1.82, 2.24) is 38.5 Å². The normalized spacial score (nSPS) is 11.7. The van der Waals surface area contributed by atoms with Crippen molar-refractivity contribution in [2.45, 2.75) is 94.4 Å². The predicted molar refractivity (Wildman–Crippen MR) is 401 cm³/mol. The van der Waals surface area contributed by atoms with Crippen LogP contribution in [0.4, 0.5) is 4.39 Å². The molecule has 0 saturated heterocycles. The maximum Gasteiger partial charge on any atom is 0.124 e. The van der Waals surface area contributed by atoms with Crippen LogP contribution in [0.2, 0.25) is 0 Å². The van der Waals surface area contributed by atoms with Crippen molar-refractivity contribution in [2.75, 3.05) is 0 Å². The van der Waals surface area contributed by atoms with Gasteiger partial charge in [0.05, 0.1) is 44.1 Å². The second-order valence-electron chi connectivity index (χ2n) is 29.2. The molecule has 0 aliphatic carbocycles. The van der Waals surface area contributed by atoms with Gasteiger partial charge in [-0.3, -0.25) is 18.1 Å². The summed E-state index contributed by atoms with van der Waals surface area (Å²) in [4.78, 5) is 0. The molecule has 0 N–H and O–H groups in total. The summed E-state index contributed by atoms with van der Waals surface area (Å²) in [5.41, 5.74) is 24.3. The number of benzene rings is 10. The molecule has 10 aromatic carbocycles. The molecule has 0 unspecified atom stereocenters. The molecule has 0 aliphatic heterocycles. The van der Waals surface area contributed by atoms with E-state index in [2.05, 4.69) is 268 Å². The monoisotopic (exact) mass is 2030 g/mol. The Morgan fingerprint density at radius 3 is 1.16 bits per heavy atom. The van der Waals surface area contributed by atoms with E-state index in [4.69, 9.17) is 15.3 Å². The number of rotatable bonds is 4. The molecule has 18 aromatic rings. The van der Waals surface area contributed by atoms with E-state index in [1.165, 1.54) is 94.0 Å². The third kappa shape index (κ3) is 14.4. The molecule has 0 aliphatic rings. The van der Waals surface area contributed by atoms with E-state index >= 15 is 0 Å². The summed E-state index contributed by atoms with van der Waals surface area (Å²) >= 11 is 0. The van der Waals surface area contributed by atoms with Crippen molar-refractivity contribution in [3.63, 3.8) is 0 Å². The fraction of sp³-hybridized carbons (Fsp3) is 0.182. The second-order valence-corrected chi connectivity index (χ2v) is 29.2. The number of aromatic nitrogens is 8. The van der Waals surface area contributed by atoms with Gasteiger partial charge in [0.1, 0.15) is 5.82 Å². The summed E-state index contributed by atoms with van der Waals surface area (Å²) in [6.07, 6.45) is 1.98. The summed E-state index contributed by atoms with van der Waals surface area (Å²) in [6, 6.07) is 92.0. The summed E-state index contributed by atoms with van der Waals surface area (Å²) in [7, 11) is 0.